The Morgan fingerprint density at radius 3 is 2.64 bits per heavy atom. The molecule has 0 unspecified atom stereocenters. The smallest absolute Gasteiger partial charge is 0.214 e. The normalized spacial score (nSPS) is 11.5. The first-order chi connectivity index (χ1) is 13.5. The molecule has 0 saturated heterocycles. The SMILES string of the molecule is CN=C(NCCc1cc(F)ccc1F)NCc1ncc(-c2ccc(C)cc2)o1. The molecule has 5 nitrogen and oxygen atoms in total. The van der Waals surface area contributed by atoms with Crippen LogP contribution in [0.1, 0.15) is 17.0 Å². The fraction of sp³-hybridized carbons (Fsp3) is 0.238. The first-order valence-corrected chi connectivity index (χ1v) is 8.95. The number of aryl methyl sites for hydroxylation is 1. The van der Waals surface area contributed by atoms with Crippen LogP contribution >= 0.6 is 0 Å². The van der Waals surface area contributed by atoms with Crippen molar-refractivity contribution in [1.29, 1.82) is 0 Å². The lowest BCUT2D eigenvalue weighted by Gasteiger charge is -2.11. The molecule has 0 atom stereocenters. The van der Waals surface area contributed by atoms with E-state index in [1.165, 1.54) is 11.6 Å². The summed E-state index contributed by atoms with van der Waals surface area (Å²) in [5.41, 5.74) is 2.46. The average Bonchev–Trinajstić information content (AvgIpc) is 3.16. The number of hydrogen-bond acceptors (Lipinski definition) is 3. The maximum atomic E-state index is 13.6. The van der Waals surface area contributed by atoms with Crippen molar-refractivity contribution in [1.82, 2.24) is 15.6 Å². The van der Waals surface area contributed by atoms with E-state index in [0.29, 0.717) is 42.7 Å². The topological polar surface area (TPSA) is 62.5 Å². The summed E-state index contributed by atoms with van der Waals surface area (Å²) in [6.07, 6.45) is 2.02. The third kappa shape index (κ3) is 5.16. The minimum atomic E-state index is -0.452. The summed E-state index contributed by atoms with van der Waals surface area (Å²) in [4.78, 5) is 8.37. The molecule has 0 aliphatic heterocycles. The van der Waals surface area contributed by atoms with Gasteiger partial charge in [-0.3, -0.25) is 4.99 Å². The second-order valence-electron chi connectivity index (χ2n) is 6.32. The van der Waals surface area contributed by atoms with Gasteiger partial charge in [-0.25, -0.2) is 13.8 Å². The van der Waals surface area contributed by atoms with E-state index in [1.54, 1.807) is 13.2 Å². The molecule has 0 fully saturated rings. The molecule has 1 heterocycles. The summed E-state index contributed by atoms with van der Waals surface area (Å²) in [5.74, 6) is 0.865. The molecule has 1 aromatic heterocycles. The van der Waals surface area contributed by atoms with Gasteiger partial charge in [-0.2, -0.15) is 0 Å². The van der Waals surface area contributed by atoms with E-state index in [2.05, 4.69) is 20.6 Å². The van der Waals surface area contributed by atoms with Gasteiger partial charge in [0.25, 0.3) is 0 Å². The molecule has 2 aromatic carbocycles. The number of nitrogens with zero attached hydrogens (tertiary/aromatic N) is 2. The Morgan fingerprint density at radius 2 is 1.89 bits per heavy atom. The number of oxazole rings is 1. The summed E-state index contributed by atoms with van der Waals surface area (Å²) < 4.78 is 32.6. The van der Waals surface area contributed by atoms with Gasteiger partial charge >= 0.3 is 0 Å². The highest BCUT2D eigenvalue weighted by Gasteiger charge is 2.08. The minimum Gasteiger partial charge on any atom is -0.439 e. The lowest BCUT2D eigenvalue weighted by atomic mass is 10.1. The molecule has 7 heteroatoms. The van der Waals surface area contributed by atoms with Crippen LogP contribution in [0.5, 0.6) is 0 Å². The number of halogens is 2. The molecular formula is C21H22F2N4O. The van der Waals surface area contributed by atoms with Crippen LogP contribution in [0.25, 0.3) is 11.3 Å². The Balaban J connectivity index is 1.50. The fourth-order valence-corrected chi connectivity index (χ4v) is 2.67. The summed E-state index contributed by atoms with van der Waals surface area (Å²) in [7, 11) is 1.63. The lowest BCUT2D eigenvalue weighted by Crippen LogP contribution is -2.38. The second-order valence-corrected chi connectivity index (χ2v) is 6.32. The van der Waals surface area contributed by atoms with E-state index in [-0.39, 0.29) is 0 Å². The molecule has 146 valence electrons. The quantitative estimate of drug-likeness (QED) is 0.501. The number of guanidine groups is 1. The van der Waals surface area contributed by atoms with Crippen LogP contribution in [-0.2, 0) is 13.0 Å². The van der Waals surface area contributed by atoms with Crippen LogP contribution in [0.4, 0.5) is 8.78 Å². The number of benzene rings is 2. The third-order valence-corrected chi connectivity index (χ3v) is 4.21. The number of hydrogen-bond donors (Lipinski definition) is 2. The highest BCUT2D eigenvalue weighted by molar-refractivity contribution is 5.79. The standard InChI is InChI=1S/C21H22F2N4O/c1-14-3-5-15(6-4-14)19-12-26-20(28-19)13-27-21(24-2)25-10-9-16-11-17(22)7-8-18(16)23/h3-8,11-12H,9-10,13H2,1-2H3,(H2,24,25,27). The molecule has 3 rings (SSSR count). The van der Waals surface area contributed by atoms with Crippen LogP contribution < -0.4 is 10.6 Å². The molecule has 0 saturated carbocycles. The van der Waals surface area contributed by atoms with Crippen LogP contribution in [0.15, 0.2) is 58.1 Å². The summed E-state index contributed by atoms with van der Waals surface area (Å²) >= 11 is 0. The Kier molecular flexibility index (Phi) is 6.37. The van der Waals surface area contributed by atoms with Gasteiger partial charge in [0.2, 0.25) is 5.89 Å². The minimum absolute atomic E-state index is 0.318. The predicted molar refractivity (Wildman–Crippen MR) is 105 cm³/mol. The first kappa shape index (κ1) is 19.5. The Labute approximate surface area is 162 Å². The van der Waals surface area contributed by atoms with Crippen molar-refractivity contribution in [3.63, 3.8) is 0 Å². The van der Waals surface area contributed by atoms with Gasteiger partial charge in [0.1, 0.15) is 11.6 Å². The molecule has 0 radical (unpaired) electrons. The monoisotopic (exact) mass is 384 g/mol. The number of aromatic nitrogens is 1. The molecule has 0 aliphatic rings. The average molecular weight is 384 g/mol. The summed E-state index contributed by atoms with van der Waals surface area (Å²) in [6, 6.07) is 11.4. The molecule has 3 aromatic rings. The lowest BCUT2D eigenvalue weighted by molar-refractivity contribution is 0.497. The van der Waals surface area contributed by atoms with Crippen molar-refractivity contribution in [3.8, 4) is 11.3 Å². The number of rotatable bonds is 6. The van der Waals surface area contributed by atoms with E-state index in [1.807, 2.05) is 31.2 Å². The second kappa shape index (κ2) is 9.12. The Morgan fingerprint density at radius 1 is 1.11 bits per heavy atom. The molecule has 0 spiro atoms. The van der Waals surface area contributed by atoms with E-state index >= 15 is 0 Å². The van der Waals surface area contributed by atoms with Gasteiger partial charge in [-0.05, 0) is 37.1 Å². The third-order valence-electron chi connectivity index (χ3n) is 4.21. The van der Waals surface area contributed by atoms with Crippen LogP contribution in [-0.4, -0.2) is 24.5 Å². The van der Waals surface area contributed by atoms with Gasteiger partial charge in [0.15, 0.2) is 11.7 Å². The number of aliphatic imine (C=N–C) groups is 1. The van der Waals surface area contributed by atoms with Gasteiger partial charge in [0, 0.05) is 19.2 Å². The van der Waals surface area contributed by atoms with Crippen LogP contribution in [0.2, 0.25) is 0 Å². The van der Waals surface area contributed by atoms with Crippen molar-refractivity contribution in [3.05, 3.63) is 77.3 Å². The van der Waals surface area contributed by atoms with Gasteiger partial charge in [0.05, 0.1) is 12.7 Å². The Hall–Kier alpha value is -3.22. The van der Waals surface area contributed by atoms with Crippen molar-refractivity contribution in [2.24, 2.45) is 4.99 Å². The molecule has 0 aliphatic carbocycles. The molecule has 2 N–H and O–H groups in total. The van der Waals surface area contributed by atoms with E-state index in [9.17, 15) is 8.78 Å². The predicted octanol–water partition coefficient (Wildman–Crippen LogP) is 3.84. The van der Waals surface area contributed by atoms with Gasteiger partial charge in [-0.15, -0.1) is 0 Å². The zero-order chi connectivity index (χ0) is 19.9. The molecule has 0 amide bonds. The summed E-state index contributed by atoms with van der Waals surface area (Å²) in [5, 5.41) is 6.15. The van der Waals surface area contributed by atoms with Crippen molar-refractivity contribution in [2.45, 2.75) is 19.9 Å². The van der Waals surface area contributed by atoms with Gasteiger partial charge in [-0.1, -0.05) is 29.8 Å². The highest BCUT2D eigenvalue weighted by Crippen LogP contribution is 2.20. The fourth-order valence-electron chi connectivity index (χ4n) is 2.67. The molecule has 28 heavy (non-hydrogen) atoms. The number of nitrogens with one attached hydrogen (secondary N) is 2. The molecular weight excluding hydrogens is 362 g/mol. The van der Waals surface area contributed by atoms with Gasteiger partial charge < -0.3 is 15.1 Å². The first-order valence-electron chi connectivity index (χ1n) is 8.95. The molecule has 0 bridgehead atoms. The van der Waals surface area contributed by atoms with Crippen molar-refractivity contribution >= 4 is 5.96 Å². The Bertz CT molecular complexity index is 951. The maximum absolute atomic E-state index is 13.6. The zero-order valence-electron chi connectivity index (χ0n) is 15.8. The van der Waals surface area contributed by atoms with E-state index in [4.69, 9.17) is 4.42 Å². The summed E-state index contributed by atoms with van der Waals surface area (Å²) in [6.45, 7) is 2.78. The highest BCUT2D eigenvalue weighted by atomic mass is 19.1. The van der Waals surface area contributed by atoms with Crippen molar-refractivity contribution < 1.29 is 13.2 Å². The largest absolute Gasteiger partial charge is 0.439 e. The van der Waals surface area contributed by atoms with E-state index < -0.39 is 11.6 Å². The zero-order valence-corrected chi connectivity index (χ0v) is 15.8. The van der Waals surface area contributed by atoms with Crippen LogP contribution in [0.3, 0.4) is 0 Å². The van der Waals surface area contributed by atoms with E-state index in [0.717, 1.165) is 17.7 Å². The van der Waals surface area contributed by atoms with Crippen LogP contribution in [0, 0.1) is 18.6 Å². The van der Waals surface area contributed by atoms with Crippen molar-refractivity contribution in [2.75, 3.05) is 13.6 Å². The maximum Gasteiger partial charge on any atom is 0.214 e.